The van der Waals surface area contributed by atoms with Gasteiger partial charge < -0.3 is 41.0 Å². The second kappa shape index (κ2) is 16.5. The largest absolute Gasteiger partial charge is 0.414 e. The Morgan fingerprint density at radius 2 is 1.68 bits per heavy atom. The monoisotopic (exact) mass is 857 g/mol. The highest BCUT2D eigenvalue weighted by molar-refractivity contribution is 7.90. The van der Waals surface area contributed by atoms with Crippen LogP contribution in [0.3, 0.4) is 0 Å². The van der Waals surface area contributed by atoms with Crippen LogP contribution in [0, 0.1) is 6.92 Å². The minimum atomic E-state index is -4.31. The molecule has 322 valence electrons. The van der Waals surface area contributed by atoms with Crippen LogP contribution in [-0.2, 0) is 48.8 Å². The molecule has 3 aliphatic rings. The van der Waals surface area contributed by atoms with Crippen molar-refractivity contribution in [3.63, 3.8) is 0 Å². The summed E-state index contributed by atoms with van der Waals surface area (Å²) in [7, 11) is -9.57. The molecule has 3 amide bonds. The van der Waals surface area contributed by atoms with Gasteiger partial charge >= 0.3 is 5.69 Å². The lowest BCUT2D eigenvalue weighted by Gasteiger charge is -2.43. The van der Waals surface area contributed by atoms with Crippen LogP contribution >= 0.6 is 0 Å². The van der Waals surface area contributed by atoms with Crippen LogP contribution in [0.25, 0.3) is 0 Å². The molecule has 7 N–H and O–H groups in total. The average molecular weight is 858 g/mol. The van der Waals surface area contributed by atoms with Crippen LogP contribution in [-0.4, -0.2) is 106 Å². The number of ether oxygens (including phenoxy) is 1. The Balaban J connectivity index is 1.68. The average Bonchev–Trinajstić information content (AvgIpc) is 3.73. The van der Waals surface area contributed by atoms with Gasteiger partial charge in [-0.05, 0) is 62.5 Å². The minimum absolute atomic E-state index is 0.0601. The first-order chi connectivity index (χ1) is 26.0. The van der Waals surface area contributed by atoms with Gasteiger partial charge in [0, 0.05) is 31.4 Å². The highest BCUT2D eigenvalue weighted by Gasteiger charge is 2.67. The van der Waals surface area contributed by atoms with E-state index in [1.165, 1.54) is 15.7 Å². The van der Waals surface area contributed by atoms with Gasteiger partial charge in [0.15, 0.2) is 28.5 Å². The van der Waals surface area contributed by atoms with Gasteiger partial charge in [-0.15, -0.1) is 0 Å². The van der Waals surface area contributed by atoms with Crippen molar-refractivity contribution in [1.29, 1.82) is 0 Å². The van der Waals surface area contributed by atoms with E-state index in [-0.39, 0.29) is 53.9 Å². The number of carbonyl (C=O) groups excluding carboxylic acids is 3. The predicted molar refractivity (Wildman–Crippen MR) is 218 cm³/mol. The molecule has 0 bridgehead atoms. The lowest BCUT2D eigenvalue weighted by Crippen LogP contribution is -2.59. The highest BCUT2D eigenvalue weighted by Crippen LogP contribution is 2.52. The van der Waals surface area contributed by atoms with Crippen molar-refractivity contribution < 1.29 is 40.6 Å². The quantitative estimate of drug-likeness (QED) is 0.117. The molecule has 1 spiro atoms. The molecular formula is C36H63N7O11SSi2. The lowest BCUT2D eigenvalue weighted by molar-refractivity contribution is -0.140. The maximum atomic E-state index is 14.4. The molecule has 0 aromatic carbocycles. The molecule has 3 aliphatic heterocycles. The lowest BCUT2D eigenvalue weighted by atomic mass is 9.89. The van der Waals surface area contributed by atoms with Crippen LogP contribution < -0.4 is 33.8 Å². The van der Waals surface area contributed by atoms with E-state index < -0.39 is 91.8 Å². The predicted octanol–water partition coefficient (Wildman–Crippen LogP) is 1.23. The smallest absolute Gasteiger partial charge is 0.333 e. The van der Waals surface area contributed by atoms with Gasteiger partial charge in [-0.3, -0.25) is 28.3 Å². The summed E-state index contributed by atoms with van der Waals surface area (Å²) < 4.78 is 54.7. The Labute approximate surface area is 337 Å². The summed E-state index contributed by atoms with van der Waals surface area (Å²) in [5.41, 5.74) is 14.5. The molecule has 2 fully saturated rings. The zero-order chi connectivity index (χ0) is 43.3. The molecular weight excluding hydrogens is 795 g/mol. The van der Waals surface area contributed by atoms with E-state index in [4.69, 9.17) is 35.0 Å². The number of rotatable bonds is 14. The van der Waals surface area contributed by atoms with Gasteiger partial charge in [-0.25, -0.2) is 8.98 Å². The summed E-state index contributed by atoms with van der Waals surface area (Å²) in [4.78, 5) is 66.6. The van der Waals surface area contributed by atoms with Crippen molar-refractivity contribution in [2.24, 2.45) is 17.2 Å². The van der Waals surface area contributed by atoms with Gasteiger partial charge in [0.25, 0.3) is 15.7 Å². The summed E-state index contributed by atoms with van der Waals surface area (Å²) in [6.07, 6.45) is -1.58. The number of nitrogens with one attached hydrogen (secondary N) is 1. The van der Waals surface area contributed by atoms with Crippen molar-refractivity contribution in [2.45, 2.75) is 153 Å². The molecule has 1 aromatic rings. The zero-order valence-corrected chi connectivity index (χ0v) is 38.0. The number of aryl methyl sites for hydroxylation is 1. The fraction of sp³-hybridized carbons (Fsp3) is 0.750. The minimum Gasteiger partial charge on any atom is -0.414 e. The third-order valence-corrected chi connectivity index (χ3v) is 22.2. The fourth-order valence-corrected chi connectivity index (χ4v) is 10.2. The third-order valence-electron chi connectivity index (χ3n) is 12.1. The van der Waals surface area contributed by atoms with E-state index in [0.717, 1.165) is 9.98 Å². The fourth-order valence-electron chi connectivity index (χ4n) is 6.74. The van der Waals surface area contributed by atoms with E-state index >= 15 is 0 Å². The Hall–Kier alpha value is -3.19. The third kappa shape index (κ3) is 9.50. The first kappa shape index (κ1) is 46.5. The maximum Gasteiger partial charge on any atom is 0.333 e. The molecule has 57 heavy (non-hydrogen) atoms. The molecule has 6 atom stereocenters. The van der Waals surface area contributed by atoms with Gasteiger partial charge in [0.1, 0.15) is 18.2 Å². The Kier molecular flexibility index (Phi) is 13.4. The molecule has 21 heteroatoms. The number of aromatic nitrogens is 2. The molecule has 18 nitrogen and oxygen atoms in total. The van der Waals surface area contributed by atoms with E-state index in [2.05, 4.69) is 26.1 Å². The summed E-state index contributed by atoms with van der Waals surface area (Å²) in [6.45, 7) is 21.9. The topological polar surface area (TPSA) is 260 Å². The molecule has 0 radical (unpaired) electrons. The molecule has 0 aliphatic carbocycles. The van der Waals surface area contributed by atoms with Crippen LogP contribution in [0.1, 0.15) is 79.0 Å². The second-order valence-electron chi connectivity index (χ2n) is 18.4. The van der Waals surface area contributed by atoms with Gasteiger partial charge in [0.05, 0.1) is 30.2 Å². The molecule has 2 saturated heterocycles. The molecule has 1 aromatic heterocycles. The summed E-state index contributed by atoms with van der Waals surface area (Å²) >= 11 is 0. The Morgan fingerprint density at radius 3 is 2.23 bits per heavy atom. The number of hydrogen-bond donors (Lipinski definition) is 4. The molecule has 4 heterocycles. The van der Waals surface area contributed by atoms with Gasteiger partial charge in [-0.2, -0.15) is 8.42 Å². The number of likely N-dealkylation sites (tertiary alicyclic amines) is 1. The number of primary amides is 1. The number of nitrogens with zero attached hydrogens (tertiary/aromatic N) is 3. The first-order valence-electron chi connectivity index (χ1n) is 19.3. The maximum absolute atomic E-state index is 14.4. The number of amides is 3. The van der Waals surface area contributed by atoms with E-state index in [9.17, 15) is 32.4 Å². The zero-order valence-electron chi connectivity index (χ0n) is 35.2. The van der Waals surface area contributed by atoms with Crippen molar-refractivity contribution in [2.75, 3.05) is 19.7 Å². The number of carbonyl (C=O) groups is 3. The Morgan fingerprint density at radius 1 is 1.07 bits per heavy atom. The standard InChI is InChI=1S/C36H63N7O11SSi2/c1-22-19-43(33(48)42(30(22)46)17-13-15-40-29(45)24-14-12-16-41(24)31(47)23(37)18-27(39)44)32-28(53-57(10,11)35(5,6)7)36(25(38)21-55(49,50)54-36)26(52-32)20-51-56(8,9)34(2,3)4/h19,21,23-24,26,28,32H,12-18,20,37-38H2,1-11H3,(H2,39,44)(H,40,45)/t23-,24-,26?,28?,32?,36?/m0/s1. The summed E-state index contributed by atoms with van der Waals surface area (Å²) in [6, 6.07) is -1.95. The molecule has 0 saturated carbocycles. The summed E-state index contributed by atoms with van der Waals surface area (Å²) in [5.74, 6) is -1.70. The van der Waals surface area contributed by atoms with Crippen molar-refractivity contribution in [1.82, 2.24) is 19.4 Å². The number of hydrogen-bond acceptors (Lipinski definition) is 13. The first-order valence-corrected chi connectivity index (χ1v) is 26.6. The van der Waals surface area contributed by atoms with E-state index in [0.29, 0.717) is 19.4 Å². The van der Waals surface area contributed by atoms with Crippen LogP contribution in [0.2, 0.25) is 36.3 Å². The van der Waals surface area contributed by atoms with Crippen LogP contribution in [0.15, 0.2) is 26.9 Å². The normalized spacial score (nSPS) is 25.8. The van der Waals surface area contributed by atoms with Crippen LogP contribution in [0.5, 0.6) is 0 Å². The van der Waals surface area contributed by atoms with Gasteiger partial charge in [-0.1, -0.05) is 41.5 Å². The summed E-state index contributed by atoms with van der Waals surface area (Å²) in [5, 5.41) is 3.04. The SMILES string of the molecule is Cc1cn(C2OC(CO[Si](C)(C)C(C)(C)C)C3(OS(=O)(=O)C=C3N)C2O[Si](C)(C)C(C)(C)C)c(=O)n(CCCNC(=O)[C@@H]2CCCN2C(=O)[C@@H](N)CC(N)=O)c1=O. The van der Waals surface area contributed by atoms with Crippen molar-refractivity contribution in [3.05, 3.63) is 43.7 Å². The second-order valence-corrected chi connectivity index (χ2v) is 29.4. The van der Waals surface area contributed by atoms with Gasteiger partial charge in [0.2, 0.25) is 17.7 Å². The Bertz CT molecular complexity index is 1990. The highest BCUT2D eigenvalue weighted by atomic mass is 32.2. The van der Waals surface area contributed by atoms with E-state index in [1.54, 1.807) is 6.92 Å². The van der Waals surface area contributed by atoms with Crippen LogP contribution in [0.4, 0.5) is 0 Å². The number of nitrogens with two attached hydrogens (primary N) is 3. The van der Waals surface area contributed by atoms with E-state index in [1.807, 2.05) is 47.0 Å². The molecule has 4 unspecified atom stereocenters. The molecule has 4 rings (SSSR count). The van der Waals surface area contributed by atoms with Crippen molar-refractivity contribution >= 4 is 44.5 Å². The van der Waals surface area contributed by atoms with Crippen molar-refractivity contribution in [3.8, 4) is 0 Å².